The lowest BCUT2D eigenvalue weighted by Crippen LogP contribution is -2.09. The molecule has 0 radical (unpaired) electrons. The van der Waals surface area contributed by atoms with E-state index in [2.05, 4.69) is 11.7 Å². The summed E-state index contributed by atoms with van der Waals surface area (Å²) in [7, 11) is 1.26. The number of unbranched alkanes of at least 4 members (excludes halogenated alkanes) is 1. The topological polar surface area (TPSA) is 52.6 Å². The Labute approximate surface area is 107 Å². The van der Waals surface area contributed by atoms with Crippen molar-refractivity contribution in [2.45, 2.75) is 26.2 Å². The van der Waals surface area contributed by atoms with Crippen molar-refractivity contribution in [3.05, 3.63) is 29.8 Å². The molecule has 0 aromatic heterocycles. The lowest BCUT2D eigenvalue weighted by molar-refractivity contribution is -0.139. The highest BCUT2D eigenvalue weighted by atomic mass is 16.5. The molecule has 1 aromatic rings. The van der Waals surface area contributed by atoms with E-state index in [1.54, 1.807) is 24.3 Å². The maximum absolute atomic E-state index is 11.6. The number of methoxy groups -OCH3 is 1. The Morgan fingerprint density at radius 2 is 1.83 bits per heavy atom. The van der Waals surface area contributed by atoms with Crippen LogP contribution in [-0.4, -0.2) is 25.5 Å². The molecule has 0 aliphatic rings. The summed E-state index contributed by atoms with van der Waals surface area (Å²) in [6.07, 6.45) is 1.85. The molecule has 0 spiro atoms. The van der Waals surface area contributed by atoms with Gasteiger partial charge in [-0.05, 0) is 30.7 Å². The van der Waals surface area contributed by atoms with Gasteiger partial charge >= 0.3 is 5.97 Å². The molecular formula is C14H18O4. The fraction of sp³-hybridized carbons (Fsp3) is 0.429. The van der Waals surface area contributed by atoms with Crippen LogP contribution in [0.4, 0.5) is 0 Å². The van der Waals surface area contributed by atoms with Crippen molar-refractivity contribution in [1.82, 2.24) is 0 Å². The molecule has 4 heteroatoms. The predicted molar refractivity (Wildman–Crippen MR) is 67.8 cm³/mol. The SMILES string of the molecule is CCCCOc1ccc(C(=O)CC(=O)OC)cc1. The molecular weight excluding hydrogens is 232 g/mol. The number of carbonyl (C=O) groups excluding carboxylic acids is 2. The number of hydrogen-bond acceptors (Lipinski definition) is 4. The van der Waals surface area contributed by atoms with Crippen molar-refractivity contribution in [2.75, 3.05) is 13.7 Å². The molecule has 0 fully saturated rings. The number of esters is 1. The molecule has 98 valence electrons. The number of ketones is 1. The van der Waals surface area contributed by atoms with Crippen molar-refractivity contribution in [2.24, 2.45) is 0 Å². The molecule has 4 nitrogen and oxygen atoms in total. The van der Waals surface area contributed by atoms with Crippen LogP contribution in [0.25, 0.3) is 0 Å². The van der Waals surface area contributed by atoms with Crippen molar-refractivity contribution >= 4 is 11.8 Å². The summed E-state index contributed by atoms with van der Waals surface area (Å²) in [5, 5.41) is 0. The van der Waals surface area contributed by atoms with Gasteiger partial charge in [0, 0.05) is 5.56 Å². The highest BCUT2D eigenvalue weighted by Gasteiger charge is 2.11. The smallest absolute Gasteiger partial charge is 0.313 e. The van der Waals surface area contributed by atoms with Gasteiger partial charge in [0.2, 0.25) is 0 Å². The summed E-state index contributed by atoms with van der Waals surface area (Å²) < 4.78 is 9.93. The highest BCUT2D eigenvalue weighted by Crippen LogP contribution is 2.14. The first kappa shape index (κ1) is 14.2. The molecule has 0 bridgehead atoms. The molecule has 0 unspecified atom stereocenters. The third-order valence-electron chi connectivity index (χ3n) is 2.48. The number of carbonyl (C=O) groups is 2. The molecule has 0 atom stereocenters. The van der Waals surface area contributed by atoms with E-state index in [1.807, 2.05) is 0 Å². The molecule has 0 N–H and O–H groups in total. The summed E-state index contributed by atoms with van der Waals surface area (Å²) in [5.74, 6) is -0.0386. The van der Waals surface area contributed by atoms with Gasteiger partial charge in [0.05, 0.1) is 13.7 Å². The quantitative estimate of drug-likeness (QED) is 0.323. The van der Waals surface area contributed by atoms with Gasteiger partial charge in [-0.3, -0.25) is 9.59 Å². The van der Waals surface area contributed by atoms with E-state index in [-0.39, 0.29) is 12.2 Å². The maximum atomic E-state index is 11.6. The average Bonchev–Trinajstić information content (AvgIpc) is 2.39. The number of ether oxygens (including phenoxy) is 2. The van der Waals surface area contributed by atoms with Crippen LogP contribution in [0.2, 0.25) is 0 Å². The summed E-state index contributed by atoms with van der Waals surface area (Å²) >= 11 is 0. The van der Waals surface area contributed by atoms with Gasteiger partial charge in [-0.2, -0.15) is 0 Å². The minimum absolute atomic E-state index is 0.230. The number of benzene rings is 1. The number of Topliss-reactive ketones (excluding diaryl/α,β-unsaturated/α-hetero) is 1. The summed E-state index contributed by atoms with van der Waals surface area (Å²) in [6, 6.07) is 6.79. The van der Waals surface area contributed by atoms with Crippen LogP contribution < -0.4 is 4.74 Å². The van der Waals surface area contributed by atoms with Crippen molar-refractivity contribution in [1.29, 1.82) is 0 Å². The van der Waals surface area contributed by atoms with Crippen molar-refractivity contribution < 1.29 is 19.1 Å². The van der Waals surface area contributed by atoms with Crippen molar-refractivity contribution in [3.8, 4) is 5.75 Å². The van der Waals surface area contributed by atoms with E-state index in [0.717, 1.165) is 18.6 Å². The largest absolute Gasteiger partial charge is 0.494 e. The molecule has 1 aromatic carbocycles. The summed E-state index contributed by atoms with van der Waals surface area (Å²) in [4.78, 5) is 22.6. The van der Waals surface area contributed by atoms with Crippen LogP contribution in [0.15, 0.2) is 24.3 Å². The van der Waals surface area contributed by atoms with Crippen molar-refractivity contribution in [3.63, 3.8) is 0 Å². The standard InChI is InChI=1S/C14H18O4/c1-3-4-9-18-12-7-5-11(6-8-12)13(15)10-14(16)17-2/h5-8H,3-4,9-10H2,1-2H3. The van der Waals surface area contributed by atoms with E-state index in [9.17, 15) is 9.59 Å². The normalized spacial score (nSPS) is 9.89. The van der Waals surface area contributed by atoms with Crippen LogP contribution in [0.5, 0.6) is 5.75 Å². The van der Waals surface area contributed by atoms with Gasteiger partial charge in [-0.25, -0.2) is 0 Å². The molecule has 0 aliphatic carbocycles. The fourth-order valence-electron chi connectivity index (χ4n) is 1.38. The average molecular weight is 250 g/mol. The fourth-order valence-corrected chi connectivity index (χ4v) is 1.38. The van der Waals surface area contributed by atoms with E-state index in [4.69, 9.17) is 4.74 Å². The molecule has 0 heterocycles. The van der Waals surface area contributed by atoms with Gasteiger partial charge in [0.25, 0.3) is 0 Å². The molecule has 0 amide bonds. The number of rotatable bonds is 7. The van der Waals surface area contributed by atoms with Gasteiger partial charge in [0.15, 0.2) is 5.78 Å². The van der Waals surface area contributed by atoms with E-state index >= 15 is 0 Å². The minimum Gasteiger partial charge on any atom is -0.494 e. The highest BCUT2D eigenvalue weighted by molar-refractivity contribution is 6.05. The molecule has 0 saturated carbocycles. The second-order valence-electron chi connectivity index (χ2n) is 3.90. The first-order chi connectivity index (χ1) is 8.67. The lowest BCUT2D eigenvalue weighted by atomic mass is 10.1. The number of hydrogen-bond donors (Lipinski definition) is 0. The molecule has 1 rings (SSSR count). The maximum Gasteiger partial charge on any atom is 0.313 e. The Bertz CT molecular complexity index is 395. The van der Waals surface area contributed by atoms with E-state index in [1.165, 1.54) is 7.11 Å². The third-order valence-corrected chi connectivity index (χ3v) is 2.48. The molecule has 0 aliphatic heterocycles. The predicted octanol–water partition coefficient (Wildman–Crippen LogP) is 2.61. The zero-order valence-electron chi connectivity index (χ0n) is 10.8. The van der Waals surface area contributed by atoms with E-state index in [0.29, 0.717) is 12.2 Å². The van der Waals surface area contributed by atoms with E-state index < -0.39 is 5.97 Å². The lowest BCUT2D eigenvalue weighted by Gasteiger charge is -2.06. The third kappa shape index (κ3) is 4.57. The second kappa shape index (κ2) is 7.48. The first-order valence-electron chi connectivity index (χ1n) is 6.00. The Balaban J connectivity index is 2.54. The molecule has 18 heavy (non-hydrogen) atoms. The van der Waals surface area contributed by atoms with Crippen LogP contribution in [0, 0.1) is 0 Å². The summed E-state index contributed by atoms with van der Waals surface area (Å²) in [5.41, 5.74) is 0.489. The first-order valence-corrected chi connectivity index (χ1v) is 6.00. The second-order valence-corrected chi connectivity index (χ2v) is 3.90. The Kier molecular flexibility index (Phi) is 5.91. The van der Waals surface area contributed by atoms with Gasteiger partial charge < -0.3 is 9.47 Å². The van der Waals surface area contributed by atoms with Gasteiger partial charge in [-0.15, -0.1) is 0 Å². The Morgan fingerprint density at radius 3 is 2.39 bits per heavy atom. The Hall–Kier alpha value is -1.84. The van der Waals surface area contributed by atoms with Crippen LogP contribution >= 0.6 is 0 Å². The van der Waals surface area contributed by atoms with Crippen LogP contribution in [0.1, 0.15) is 36.5 Å². The zero-order valence-corrected chi connectivity index (χ0v) is 10.8. The Morgan fingerprint density at radius 1 is 1.17 bits per heavy atom. The van der Waals surface area contributed by atoms with Crippen LogP contribution in [0.3, 0.4) is 0 Å². The van der Waals surface area contributed by atoms with Gasteiger partial charge in [-0.1, -0.05) is 13.3 Å². The molecule has 0 saturated heterocycles. The summed E-state index contributed by atoms with van der Waals surface area (Å²) in [6.45, 7) is 2.77. The van der Waals surface area contributed by atoms with Gasteiger partial charge in [0.1, 0.15) is 12.2 Å². The van der Waals surface area contributed by atoms with Crippen LogP contribution in [-0.2, 0) is 9.53 Å². The zero-order chi connectivity index (χ0) is 13.4. The monoisotopic (exact) mass is 250 g/mol. The minimum atomic E-state index is -0.525.